The van der Waals surface area contributed by atoms with Gasteiger partial charge in [-0.2, -0.15) is 0 Å². The van der Waals surface area contributed by atoms with Crippen LogP contribution in [0.3, 0.4) is 0 Å². The summed E-state index contributed by atoms with van der Waals surface area (Å²) < 4.78 is 21.5. The van der Waals surface area contributed by atoms with Crippen molar-refractivity contribution in [3.63, 3.8) is 0 Å². The zero-order valence-electron chi connectivity index (χ0n) is 16.2. The zero-order valence-corrected chi connectivity index (χ0v) is 16.9. The highest BCUT2D eigenvalue weighted by atomic mass is 35.5. The van der Waals surface area contributed by atoms with Crippen LogP contribution in [0, 0.1) is 0 Å². The first-order valence-electron chi connectivity index (χ1n) is 9.04. The highest BCUT2D eigenvalue weighted by Gasteiger charge is 2.45. The minimum atomic E-state index is -0.908. The smallest absolute Gasteiger partial charge is 0.290 e. The molecule has 0 radical (unpaired) electrons. The lowest BCUT2D eigenvalue weighted by Crippen LogP contribution is -2.33. The van der Waals surface area contributed by atoms with Crippen molar-refractivity contribution in [3.8, 4) is 5.75 Å². The van der Waals surface area contributed by atoms with Crippen molar-refractivity contribution in [2.24, 2.45) is 0 Å². The fraction of sp³-hybridized carbons (Fsp3) is 0.238. The lowest BCUT2D eigenvalue weighted by atomic mass is 9.99. The van der Waals surface area contributed by atoms with Crippen LogP contribution in [0.2, 0.25) is 5.02 Å². The van der Waals surface area contributed by atoms with Gasteiger partial charge in [-0.3, -0.25) is 9.59 Å². The van der Waals surface area contributed by atoms with Gasteiger partial charge in [0.1, 0.15) is 11.8 Å². The fourth-order valence-electron chi connectivity index (χ4n) is 3.53. The summed E-state index contributed by atoms with van der Waals surface area (Å²) in [6, 6.07) is 7.05. The van der Waals surface area contributed by atoms with Crippen molar-refractivity contribution in [1.29, 1.82) is 0 Å². The number of carbonyl (C=O) groups excluding carboxylic acids is 2. The molecule has 30 heavy (non-hydrogen) atoms. The van der Waals surface area contributed by atoms with Crippen LogP contribution in [-0.2, 0) is 9.53 Å². The number of methoxy groups -OCH3 is 2. The molecule has 9 heteroatoms. The first kappa shape index (κ1) is 20.1. The second-order valence-corrected chi connectivity index (χ2v) is 7.07. The van der Waals surface area contributed by atoms with E-state index in [2.05, 4.69) is 0 Å². The van der Waals surface area contributed by atoms with Crippen LogP contribution in [-0.4, -0.2) is 49.1 Å². The van der Waals surface area contributed by atoms with E-state index in [9.17, 15) is 14.7 Å². The number of ether oxygens (including phenoxy) is 2. The number of hydrogen-bond acceptors (Lipinski definition) is 7. The number of benzene rings is 1. The van der Waals surface area contributed by atoms with Gasteiger partial charge in [-0.15, -0.1) is 0 Å². The number of aliphatic hydroxyl groups is 1. The summed E-state index contributed by atoms with van der Waals surface area (Å²) in [5.74, 6) is -1.34. The maximum Gasteiger partial charge on any atom is 0.290 e. The average molecular weight is 432 g/mol. The quantitative estimate of drug-likeness (QED) is 0.565. The van der Waals surface area contributed by atoms with Gasteiger partial charge in [-0.05, 0) is 24.3 Å². The number of halogens is 1. The van der Waals surface area contributed by atoms with Crippen molar-refractivity contribution in [3.05, 3.63) is 64.5 Å². The first-order chi connectivity index (χ1) is 14.5. The number of Topliss-reactive ketones (excluding diaryl/α,β-unsaturated/α-hetero) is 1. The van der Waals surface area contributed by atoms with Crippen molar-refractivity contribution in [2.75, 3.05) is 27.4 Å². The summed E-state index contributed by atoms with van der Waals surface area (Å²) in [6.45, 7) is 0.378. The summed E-state index contributed by atoms with van der Waals surface area (Å²) in [5, 5.41) is 11.5. The van der Waals surface area contributed by atoms with E-state index in [1.165, 1.54) is 31.4 Å². The number of aliphatic hydroxyl groups excluding tert-OH is 1. The third-order valence-corrected chi connectivity index (χ3v) is 5.11. The van der Waals surface area contributed by atoms with Crippen molar-refractivity contribution in [2.45, 2.75) is 6.04 Å². The molecular weight excluding hydrogens is 414 g/mol. The first-order valence-corrected chi connectivity index (χ1v) is 9.42. The lowest BCUT2D eigenvalue weighted by molar-refractivity contribution is -0.130. The molecule has 1 aliphatic heterocycles. The number of fused-ring (bicyclic) bond motifs is 1. The monoisotopic (exact) mass is 431 g/mol. The highest BCUT2D eigenvalue weighted by molar-refractivity contribution is 6.31. The molecule has 3 heterocycles. The van der Waals surface area contributed by atoms with Gasteiger partial charge in [0.2, 0.25) is 5.78 Å². The van der Waals surface area contributed by atoms with E-state index in [1.54, 1.807) is 24.3 Å². The molecule has 4 rings (SSSR count). The van der Waals surface area contributed by atoms with Gasteiger partial charge in [0, 0.05) is 30.1 Å². The van der Waals surface area contributed by atoms with Gasteiger partial charge in [0.05, 0.1) is 25.6 Å². The van der Waals surface area contributed by atoms with Gasteiger partial charge < -0.3 is 28.3 Å². The fourth-order valence-corrected chi connectivity index (χ4v) is 3.75. The van der Waals surface area contributed by atoms with E-state index in [1.807, 2.05) is 0 Å². The maximum atomic E-state index is 13.3. The molecule has 156 valence electrons. The number of amides is 1. The molecule has 0 aliphatic carbocycles. The third kappa shape index (κ3) is 3.24. The van der Waals surface area contributed by atoms with Crippen molar-refractivity contribution >= 4 is 34.3 Å². The average Bonchev–Trinajstić information content (AvgIpc) is 3.45. The van der Waals surface area contributed by atoms with Crippen LogP contribution in [0.5, 0.6) is 5.75 Å². The van der Waals surface area contributed by atoms with Crippen LogP contribution in [0.4, 0.5) is 0 Å². The molecular formula is C21H18ClNO7. The summed E-state index contributed by atoms with van der Waals surface area (Å²) in [6.07, 6.45) is 1.43. The molecule has 1 amide bonds. The van der Waals surface area contributed by atoms with Crippen LogP contribution < -0.4 is 4.74 Å². The number of ketones is 1. The lowest BCUT2D eigenvalue weighted by Gasteiger charge is -2.24. The van der Waals surface area contributed by atoms with E-state index in [0.29, 0.717) is 27.5 Å². The van der Waals surface area contributed by atoms with Gasteiger partial charge >= 0.3 is 0 Å². The van der Waals surface area contributed by atoms with E-state index in [4.69, 9.17) is 29.9 Å². The second kappa shape index (κ2) is 7.89. The molecule has 8 nitrogen and oxygen atoms in total. The third-order valence-electron chi connectivity index (χ3n) is 4.89. The highest BCUT2D eigenvalue weighted by Crippen LogP contribution is 2.40. The summed E-state index contributed by atoms with van der Waals surface area (Å²) in [7, 11) is 2.95. The molecule has 0 saturated heterocycles. The SMILES string of the molecule is COCCN1C(=O)C(O)=C(C(=O)c2cc3cc(Cl)cc(OC)c3o2)C1c1ccco1. The Kier molecular flexibility index (Phi) is 5.27. The van der Waals surface area contributed by atoms with Crippen LogP contribution >= 0.6 is 11.6 Å². The minimum Gasteiger partial charge on any atom is -0.503 e. The minimum absolute atomic E-state index is 0.0648. The number of hydrogen-bond donors (Lipinski definition) is 1. The molecule has 1 aliphatic rings. The van der Waals surface area contributed by atoms with E-state index < -0.39 is 23.5 Å². The predicted molar refractivity (Wildman–Crippen MR) is 107 cm³/mol. The normalized spacial score (nSPS) is 16.7. The van der Waals surface area contributed by atoms with Crippen LogP contribution in [0.1, 0.15) is 22.4 Å². The van der Waals surface area contributed by atoms with Crippen LogP contribution in [0.25, 0.3) is 11.0 Å². The predicted octanol–water partition coefficient (Wildman–Crippen LogP) is 3.91. The maximum absolute atomic E-state index is 13.3. The number of carbonyl (C=O) groups is 2. The summed E-state index contributed by atoms with van der Waals surface area (Å²) in [4.78, 5) is 27.3. The number of furan rings is 2. The Bertz CT molecular complexity index is 1150. The largest absolute Gasteiger partial charge is 0.503 e. The summed E-state index contributed by atoms with van der Waals surface area (Å²) in [5.41, 5.74) is 0.204. The Hall–Kier alpha value is -3.23. The Morgan fingerprint density at radius 3 is 2.77 bits per heavy atom. The molecule has 1 atom stereocenters. The van der Waals surface area contributed by atoms with E-state index >= 15 is 0 Å². The molecule has 0 bridgehead atoms. The topological polar surface area (TPSA) is 102 Å². The standard InChI is InChI=1S/C21H18ClNO7/c1-27-7-5-23-17(13-4-3-6-29-13)16(19(25)21(23)26)18(24)14-9-11-8-12(22)10-15(28-2)20(11)30-14/h3-4,6,8-10,17,25H,5,7H2,1-2H3. The molecule has 3 aromatic rings. The molecule has 1 aromatic carbocycles. The van der Waals surface area contributed by atoms with E-state index in [-0.39, 0.29) is 24.5 Å². The Morgan fingerprint density at radius 1 is 1.30 bits per heavy atom. The van der Waals surface area contributed by atoms with Gasteiger partial charge in [-0.1, -0.05) is 11.6 Å². The zero-order chi connectivity index (χ0) is 21.4. The van der Waals surface area contributed by atoms with E-state index in [0.717, 1.165) is 0 Å². The number of rotatable bonds is 7. The molecule has 1 unspecified atom stereocenters. The van der Waals surface area contributed by atoms with Gasteiger partial charge in [-0.25, -0.2) is 0 Å². The molecule has 0 fully saturated rings. The molecule has 1 N–H and O–H groups in total. The Labute approximate surface area is 176 Å². The van der Waals surface area contributed by atoms with Gasteiger partial charge in [0.25, 0.3) is 5.91 Å². The second-order valence-electron chi connectivity index (χ2n) is 6.64. The van der Waals surface area contributed by atoms with Crippen molar-refractivity contribution < 1.29 is 33.0 Å². The Balaban J connectivity index is 1.80. The number of nitrogens with zero attached hydrogens (tertiary/aromatic N) is 1. The van der Waals surface area contributed by atoms with Crippen LogP contribution in [0.15, 0.2) is 56.8 Å². The molecule has 2 aromatic heterocycles. The van der Waals surface area contributed by atoms with Gasteiger partial charge in [0.15, 0.2) is 22.9 Å². The summed E-state index contributed by atoms with van der Waals surface area (Å²) >= 11 is 6.09. The molecule has 0 saturated carbocycles. The molecule has 0 spiro atoms. The Morgan fingerprint density at radius 2 is 2.10 bits per heavy atom. The van der Waals surface area contributed by atoms with Crippen molar-refractivity contribution in [1.82, 2.24) is 4.90 Å².